The highest BCUT2D eigenvalue weighted by molar-refractivity contribution is 7.09. The summed E-state index contributed by atoms with van der Waals surface area (Å²) in [5.74, 6) is 0.628. The van der Waals surface area contributed by atoms with Crippen molar-refractivity contribution in [3.05, 3.63) is 68.5 Å². The second-order valence-corrected chi connectivity index (χ2v) is 6.65. The zero-order valence-corrected chi connectivity index (χ0v) is 13.3. The SMILES string of the molecule is O=c1[nH]c(-c2ccncc2)nc2c1CN(Cc1cccs1)CC2. The van der Waals surface area contributed by atoms with E-state index in [4.69, 9.17) is 0 Å². The molecule has 3 aromatic heterocycles. The van der Waals surface area contributed by atoms with Gasteiger partial charge in [-0.2, -0.15) is 0 Å². The topological polar surface area (TPSA) is 61.9 Å². The number of fused-ring (bicyclic) bond motifs is 1. The summed E-state index contributed by atoms with van der Waals surface area (Å²) in [5.41, 5.74) is 2.58. The maximum absolute atomic E-state index is 12.5. The monoisotopic (exact) mass is 324 g/mol. The van der Waals surface area contributed by atoms with Crippen molar-refractivity contribution in [1.82, 2.24) is 19.9 Å². The number of thiophene rings is 1. The number of hydrogen-bond acceptors (Lipinski definition) is 5. The van der Waals surface area contributed by atoms with E-state index in [0.29, 0.717) is 12.4 Å². The maximum atomic E-state index is 12.5. The fourth-order valence-electron chi connectivity index (χ4n) is 2.89. The van der Waals surface area contributed by atoms with Crippen LogP contribution in [0.15, 0.2) is 46.8 Å². The molecule has 4 rings (SSSR count). The summed E-state index contributed by atoms with van der Waals surface area (Å²) < 4.78 is 0. The van der Waals surface area contributed by atoms with Gasteiger partial charge in [-0.05, 0) is 23.6 Å². The third kappa shape index (κ3) is 2.95. The molecular formula is C17H16N4OS. The van der Waals surface area contributed by atoms with Gasteiger partial charge in [0.2, 0.25) is 0 Å². The standard InChI is InChI=1S/C17H16N4OS/c22-17-14-11-21(10-13-2-1-9-23-13)8-5-15(14)19-16(20-17)12-3-6-18-7-4-12/h1-4,6-7,9H,5,8,10-11H2,(H,19,20,22). The fourth-order valence-corrected chi connectivity index (χ4v) is 3.63. The van der Waals surface area contributed by atoms with E-state index in [-0.39, 0.29) is 5.56 Å². The summed E-state index contributed by atoms with van der Waals surface area (Å²) in [6.07, 6.45) is 4.22. The van der Waals surface area contributed by atoms with E-state index in [9.17, 15) is 4.79 Å². The molecule has 116 valence electrons. The van der Waals surface area contributed by atoms with Crippen molar-refractivity contribution in [2.75, 3.05) is 6.54 Å². The second kappa shape index (κ2) is 6.06. The normalized spacial score (nSPS) is 14.6. The van der Waals surface area contributed by atoms with Gasteiger partial charge in [0.05, 0.1) is 11.3 Å². The van der Waals surface area contributed by atoms with E-state index in [2.05, 4.69) is 37.4 Å². The zero-order valence-electron chi connectivity index (χ0n) is 12.5. The zero-order chi connectivity index (χ0) is 15.6. The van der Waals surface area contributed by atoms with Gasteiger partial charge in [0.25, 0.3) is 5.56 Å². The number of hydrogen-bond donors (Lipinski definition) is 1. The molecular weight excluding hydrogens is 308 g/mol. The maximum Gasteiger partial charge on any atom is 0.255 e. The Morgan fingerprint density at radius 3 is 2.91 bits per heavy atom. The Bertz CT molecular complexity index is 858. The van der Waals surface area contributed by atoms with E-state index >= 15 is 0 Å². The first-order chi connectivity index (χ1) is 11.3. The van der Waals surface area contributed by atoms with Crippen LogP contribution in [-0.4, -0.2) is 26.4 Å². The number of aromatic amines is 1. The quantitative estimate of drug-likeness (QED) is 0.804. The van der Waals surface area contributed by atoms with Crippen LogP contribution < -0.4 is 5.56 Å². The highest BCUT2D eigenvalue weighted by Crippen LogP contribution is 2.20. The van der Waals surface area contributed by atoms with Gasteiger partial charge in [-0.15, -0.1) is 11.3 Å². The van der Waals surface area contributed by atoms with Crippen molar-refractivity contribution in [1.29, 1.82) is 0 Å². The molecule has 4 heterocycles. The number of nitrogens with zero attached hydrogens (tertiary/aromatic N) is 3. The van der Waals surface area contributed by atoms with Crippen LogP contribution in [0.25, 0.3) is 11.4 Å². The summed E-state index contributed by atoms with van der Waals surface area (Å²) in [7, 11) is 0. The highest BCUT2D eigenvalue weighted by atomic mass is 32.1. The Balaban J connectivity index is 1.62. The van der Waals surface area contributed by atoms with Gasteiger partial charge in [-0.3, -0.25) is 14.7 Å². The molecule has 23 heavy (non-hydrogen) atoms. The first kappa shape index (κ1) is 14.3. The summed E-state index contributed by atoms with van der Waals surface area (Å²) in [6.45, 7) is 2.48. The number of rotatable bonds is 3. The van der Waals surface area contributed by atoms with Crippen molar-refractivity contribution < 1.29 is 0 Å². The number of H-pyrrole nitrogens is 1. The minimum atomic E-state index is -0.0299. The van der Waals surface area contributed by atoms with Crippen molar-refractivity contribution >= 4 is 11.3 Å². The van der Waals surface area contributed by atoms with Gasteiger partial charge >= 0.3 is 0 Å². The third-order valence-electron chi connectivity index (χ3n) is 4.06. The van der Waals surface area contributed by atoms with E-state index in [1.54, 1.807) is 23.7 Å². The highest BCUT2D eigenvalue weighted by Gasteiger charge is 2.21. The van der Waals surface area contributed by atoms with E-state index in [0.717, 1.165) is 36.3 Å². The van der Waals surface area contributed by atoms with Crippen LogP contribution in [0, 0.1) is 0 Å². The number of nitrogens with one attached hydrogen (secondary N) is 1. The lowest BCUT2D eigenvalue weighted by atomic mass is 10.1. The van der Waals surface area contributed by atoms with E-state index < -0.39 is 0 Å². The third-order valence-corrected chi connectivity index (χ3v) is 4.92. The van der Waals surface area contributed by atoms with Crippen molar-refractivity contribution in [2.24, 2.45) is 0 Å². The van der Waals surface area contributed by atoms with Gasteiger partial charge < -0.3 is 4.98 Å². The smallest absolute Gasteiger partial charge is 0.255 e. The molecule has 0 saturated carbocycles. The first-order valence-corrected chi connectivity index (χ1v) is 8.45. The molecule has 1 N–H and O–H groups in total. The van der Waals surface area contributed by atoms with Crippen molar-refractivity contribution in [2.45, 2.75) is 19.5 Å². The summed E-state index contributed by atoms with van der Waals surface area (Å²) in [6, 6.07) is 7.91. The fraction of sp³-hybridized carbons (Fsp3) is 0.235. The Hall–Kier alpha value is -2.31. The second-order valence-electron chi connectivity index (χ2n) is 5.62. The lowest BCUT2D eigenvalue weighted by Gasteiger charge is -2.27. The van der Waals surface area contributed by atoms with Crippen molar-refractivity contribution in [3.8, 4) is 11.4 Å². The molecule has 0 aliphatic carbocycles. The van der Waals surface area contributed by atoms with Gasteiger partial charge in [-0.1, -0.05) is 6.07 Å². The lowest BCUT2D eigenvalue weighted by molar-refractivity contribution is 0.244. The molecule has 0 unspecified atom stereocenters. The predicted molar refractivity (Wildman–Crippen MR) is 90.2 cm³/mol. The average Bonchev–Trinajstić information content (AvgIpc) is 3.09. The largest absolute Gasteiger partial charge is 0.306 e. The minimum absolute atomic E-state index is 0.0299. The summed E-state index contributed by atoms with van der Waals surface area (Å²) in [4.78, 5) is 27.7. The molecule has 3 aromatic rings. The van der Waals surface area contributed by atoms with Gasteiger partial charge in [0.1, 0.15) is 5.82 Å². The average molecular weight is 324 g/mol. The van der Waals surface area contributed by atoms with Crippen LogP contribution >= 0.6 is 11.3 Å². The molecule has 5 nitrogen and oxygen atoms in total. The van der Waals surface area contributed by atoms with Crippen LogP contribution in [0.2, 0.25) is 0 Å². The molecule has 1 aliphatic heterocycles. The van der Waals surface area contributed by atoms with E-state index in [1.807, 2.05) is 12.1 Å². The Kier molecular flexibility index (Phi) is 3.77. The molecule has 0 saturated heterocycles. The van der Waals surface area contributed by atoms with Gasteiger partial charge in [0, 0.05) is 48.9 Å². The van der Waals surface area contributed by atoms with Gasteiger partial charge in [-0.25, -0.2) is 4.98 Å². The van der Waals surface area contributed by atoms with Crippen LogP contribution in [-0.2, 0) is 19.5 Å². The van der Waals surface area contributed by atoms with Crippen LogP contribution in [0.1, 0.15) is 16.1 Å². The first-order valence-electron chi connectivity index (χ1n) is 7.57. The summed E-state index contributed by atoms with van der Waals surface area (Å²) >= 11 is 1.75. The molecule has 0 bridgehead atoms. The molecule has 1 aliphatic rings. The molecule has 0 atom stereocenters. The Morgan fingerprint density at radius 1 is 1.26 bits per heavy atom. The lowest BCUT2D eigenvalue weighted by Crippen LogP contribution is -2.35. The molecule has 0 aromatic carbocycles. The number of pyridine rings is 1. The molecule has 0 radical (unpaired) electrons. The molecule has 6 heteroatoms. The van der Waals surface area contributed by atoms with E-state index in [1.165, 1.54) is 4.88 Å². The van der Waals surface area contributed by atoms with Crippen LogP contribution in [0.4, 0.5) is 0 Å². The predicted octanol–water partition coefficient (Wildman–Crippen LogP) is 2.45. The minimum Gasteiger partial charge on any atom is -0.306 e. The van der Waals surface area contributed by atoms with Crippen LogP contribution in [0.5, 0.6) is 0 Å². The molecule has 0 spiro atoms. The number of aromatic nitrogens is 3. The Morgan fingerprint density at radius 2 is 2.13 bits per heavy atom. The van der Waals surface area contributed by atoms with Crippen molar-refractivity contribution in [3.63, 3.8) is 0 Å². The summed E-state index contributed by atoms with van der Waals surface area (Å²) in [5, 5.41) is 2.09. The Labute approximate surface area is 137 Å². The van der Waals surface area contributed by atoms with Crippen LogP contribution in [0.3, 0.4) is 0 Å². The molecule has 0 amide bonds. The van der Waals surface area contributed by atoms with Gasteiger partial charge in [0.15, 0.2) is 0 Å². The molecule has 0 fully saturated rings.